The van der Waals surface area contributed by atoms with E-state index in [1.54, 1.807) is 25.3 Å². The third-order valence-corrected chi connectivity index (χ3v) is 6.00. The van der Waals surface area contributed by atoms with Crippen molar-refractivity contribution in [1.29, 1.82) is 0 Å². The first kappa shape index (κ1) is 20.4. The number of imide groups is 1. The van der Waals surface area contributed by atoms with Crippen LogP contribution in [0.25, 0.3) is 5.57 Å². The Morgan fingerprint density at radius 1 is 0.933 bits per heavy atom. The van der Waals surface area contributed by atoms with E-state index in [0.29, 0.717) is 40.7 Å². The lowest BCUT2D eigenvalue weighted by molar-refractivity contribution is -0.138. The number of halogens is 1. The molecule has 1 saturated heterocycles. The molecule has 2 aliphatic heterocycles. The van der Waals surface area contributed by atoms with E-state index < -0.39 is 0 Å². The summed E-state index contributed by atoms with van der Waals surface area (Å²) in [6, 6.07) is 14.5. The smallest absolute Gasteiger partial charge is 0.278 e. The lowest BCUT2D eigenvalue weighted by Crippen LogP contribution is -2.46. The molecule has 0 aromatic heterocycles. The Kier molecular flexibility index (Phi) is 5.79. The van der Waals surface area contributed by atoms with Gasteiger partial charge in [-0.3, -0.25) is 14.5 Å². The van der Waals surface area contributed by atoms with Crippen LogP contribution in [0.4, 0.5) is 0 Å². The van der Waals surface area contributed by atoms with Crippen molar-refractivity contribution in [3.05, 3.63) is 70.4 Å². The monoisotopic (exact) mass is 425 g/mol. The Balaban J connectivity index is 1.73. The molecule has 30 heavy (non-hydrogen) atoms. The van der Waals surface area contributed by atoms with Crippen LogP contribution in [-0.2, 0) is 16.1 Å². The predicted octanol–water partition coefficient (Wildman–Crippen LogP) is 2.88. The summed E-state index contributed by atoms with van der Waals surface area (Å²) in [5.41, 5.74) is 2.38. The van der Waals surface area contributed by atoms with Gasteiger partial charge < -0.3 is 14.5 Å². The summed E-state index contributed by atoms with van der Waals surface area (Å²) in [5.74, 6) is 0.138. The standard InChI is InChI=1S/C23H24ClN3O3/c1-25-11-13-26(14-12-25)21-20(16-7-9-18(30-2)10-8-16)22(28)27(23(21)29)15-17-5-3-4-6-19(17)24/h3-10H,11-15H2,1-2H3. The molecule has 2 aromatic rings. The molecule has 1 fully saturated rings. The van der Waals surface area contributed by atoms with Gasteiger partial charge in [-0.25, -0.2) is 0 Å². The highest BCUT2D eigenvalue weighted by Crippen LogP contribution is 2.34. The third kappa shape index (κ3) is 3.80. The Bertz CT molecular complexity index is 995. The second-order valence-electron chi connectivity index (χ2n) is 7.53. The maximum atomic E-state index is 13.4. The summed E-state index contributed by atoms with van der Waals surface area (Å²) in [5, 5.41) is 0.539. The molecule has 4 rings (SSSR count). The highest BCUT2D eigenvalue weighted by molar-refractivity contribution is 6.35. The molecule has 2 aliphatic rings. The minimum absolute atomic E-state index is 0.147. The Morgan fingerprint density at radius 3 is 2.23 bits per heavy atom. The van der Waals surface area contributed by atoms with Crippen LogP contribution in [0.2, 0.25) is 5.02 Å². The van der Waals surface area contributed by atoms with Crippen LogP contribution in [0.3, 0.4) is 0 Å². The van der Waals surface area contributed by atoms with E-state index in [-0.39, 0.29) is 18.4 Å². The zero-order valence-corrected chi connectivity index (χ0v) is 17.9. The highest BCUT2D eigenvalue weighted by Gasteiger charge is 2.42. The van der Waals surface area contributed by atoms with Crippen LogP contribution in [-0.4, -0.2) is 66.9 Å². The molecule has 6 nitrogen and oxygen atoms in total. The van der Waals surface area contributed by atoms with E-state index in [0.717, 1.165) is 18.7 Å². The first-order valence-electron chi connectivity index (χ1n) is 9.91. The molecule has 156 valence electrons. The molecule has 0 atom stereocenters. The molecule has 0 saturated carbocycles. The molecular weight excluding hydrogens is 402 g/mol. The van der Waals surface area contributed by atoms with Crippen LogP contribution >= 0.6 is 11.6 Å². The first-order valence-corrected chi connectivity index (χ1v) is 10.3. The van der Waals surface area contributed by atoms with Crippen LogP contribution in [0.15, 0.2) is 54.2 Å². The average molecular weight is 426 g/mol. The molecule has 0 aliphatic carbocycles. The second-order valence-corrected chi connectivity index (χ2v) is 7.94. The van der Waals surface area contributed by atoms with Gasteiger partial charge in [-0.1, -0.05) is 41.9 Å². The minimum Gasteiger partial charge on any atom is -0.497 e. The molecule has 0 N–H and O–H groups in total. The normalized spacial score (nSPS) is 17.8. The summed E-state index contributed by atoms with van der Waals surface area (Å²) in [4.78, 5) is 32.4. The zero-order valence-electron chi connectivity index (χ0n) is 17.1. The third-order valence-electron chi connectivity index (χ3n) is 5.63. The number of likely N-dealkylation sites (N-methyl/N-ethyl adjacent to an activating group) is 1. The first-order chi connectivity index (χ1) is 14.5. The fourth-order valence-corrected chi connectivity index (χ4v) is 4.04. The van der Waals surface area contributed by atoms with Gasteiger partial charge in [0.05, 0.1) is 19.2 Å². The molecule has 7 heteroatoms. The average Bonchev–Trinajstić information content (AvgIpc) is 3.00. The highest BCUT2D eigenvalue weighted by atomic mass is 35.5. The maximum absolute atomic E-state index is 13.4. The van der Waals surface area contributed by atoms with E-state index in [2.05, 4.69) is 11.9 Å². The molecule has 2 aromatic carbocycles. The van der Waals surface area contributed by atoms with E-state index in [9.17, 15) is 9.59 Å². The lowest BCUT2D eigenvalue weighted by Gasteiger charge is -2.34. The lowest BCUT2D eigenvalue weighted by atomic mass is 10.0. The number of hydrogen-bond donors (Lipinski definition) is 0. The van der Waals surface area contributed by atoms with Crippen molar-refractivity contribution in [1.82, 2.24) is 14.7 Å². The number of carbonyl (C=O) groups excluding carboxylic acids is 2. The van der Waals surface area contributed by atoms with E-state index >= 15 is 0 Å². The summed E-state index contributed by atoms with van der Waals surface area (Å²) < 4.78 is 5.24. The van der Waals surface area contributed by atoms with Crippen LogP contribution in [0.5, 0.6) is 5.75 Å². The van der Waals surface area contributed by atoms with Crippen molar-refractivity contribution >= 4 is 29.0 Å². The van der Waals surface area contributed by atoms with Gasteiger partial charge in [-0.2, -0.15) is 0 Å². The SMILES string of the molecule is COc1ccc(C2=C(N3CCN(C)CC3)C(=O)N(Cc3ccccc3Cl)C2=O)cc1. The summed E-state index contributed by atoms with van der Waals surface area (Å²) >= 11 is 6.29. The number of nitrogens with zero attached hydrogens (tertiary/aromatic N) is 3. The van der Waals surface area contributed by atoms with Crippen LogP contribution in [0.1, 0.15) is 11.1 Å². The summed E-state index contributed by atoms with van der Waals surface area (Å²) in [6.07, 6.45) is 0. The quantitative estimate of drug-likeness (QED) is 0.689. The van der Waals surface area contributed by atoms with E-state index in [1.165, 1.54) is 4.90 Å². The molecule has 0 bridgehead atoms. The van der Waals surface area contributed by atoms with Gasteiger partial charge in [0.25, 0.3) is 11.8 Å². The minimum atomic E-state index is -0.293. The van der Waals surface area contributed by atoms with Crippen molar-refractivity contribution < 1.29 is 14.3 Å². The molecular formula is C23H24ClN3O3. The number of hydrogen-bond acceptors (Lipinski definition) is 5. The fourth-order valence-electron chi connectivity index (χ4n) is 3.85. The van der Waals surface area contributed by atoms with E-state index in [4.69, 9.17) is 16.3 Å². The molecule has 0 spiro atoms. The Hall–Kier alpha value is -2.83. The van der Waals surface area contributed by atoms with Crippen molar-refractivity contribution in [2.75, 3.05) is 40.3 Å². The number of piperazine rings is 1. The van der Waals surface area contributed by atoms with Crippen LogP contribution in [0, 0.1) is 0 Å². The number of carbonyl (C=O) groups is 2. The van der Waals surface area contributed by atoms with Gasteiger partial charge in [0.1, 0.15) is 11.4 Å². The van der Waals surface area contributed by atoms with Gasteiger partial charge >= 0.3 is 0 Å². The molecule has 2 amide bonds. The molecule has 2 heterocycles. The summed E-state index contributed by atoms with van der Waals surface area (Å²) in [7, 11) is 3.65. The van der Waals surface area contributed by atoms with Crippen molar-refractivity contribution in [3.8, 4) is 5.75 Å². The van der Waals surface area contributed by atoms with Gasteiger partial charge in [0, 0.05) is 31.2 Å². The van der Waals surface area contributed by atoms with Gasteiger partial charge in [0.15, 0.2) is 0 Å². The topological polar surface area (TPSA) is 53.1 Å². The predicted molar refractivity (Wildman–Crippen MR) is 116 cm³/mol. The zero-order chi connectivity index (χ0) is 21.3. The molecule has 0 unspecified atom stereocenters. The Morgan fingerprint density at radius 2 is 1.60 bits per heavy atom. The molecule has 0 radical (unpaired) electrons. The van der Waals surface area contributed by atoms with Gasteiger partial charge in [-0.05, 0) is 36.4 Å². The van der Waals surface area contributed by atoms with Crippen molar-refractivity contribution in [2.45, 2.75) is 6.54 Å². The summed E-state index contributed by atoms with van der Waals surface area (Å²) in [6.45, 7) is 3.22. The van der Waals surface area contributed by atoms with Crippen molar-refractivity contribution in [2.24, 2.45) is 0 Å². The van der Waals surface area contributed by atoms with Gasteiger partial charge in [0.2, 0.25) is 0 Å². The van der Waals surface area contributed by atoms with Gasteiger partial charge in [-0.15, -0.1) is 0 Å². The Labute approximate surface area is 181 Å². The second kappa shape index (κ2) is 8.50. The largest absolute Gasteiger partial charge is 0.497 e. The van der Waals surface area contributed by atoms with Crippen LogP contribution < -0.4 is 4.74 Å². The number of rotatable bonds is 5. The van der Waals surface area contributed by atoms with Crippen molar-refractivity contribution in [3.63, 3.8) is 0 Å². The fraction of sp³-hybridized carbons (Fsp3) is 0.304. The number of benzene rings is 2. The number of methoxy groups -OCH3 is 1. The van der Waals surface area contributed by atoms with E-state index in [1.807, 2.05) is 35.2 Å². The maximum Gasteiger partial charge on any atom is 0.278 e. The number of amides is 2. The number of ether oxygens (including phenoxy) is 1.